The van der Waals surface area contributed by atoms with E-state index in [2.05, 4.69) is 17.4 Å². The van der Waals surface area contributed by atoms with Crippen LogP contribution in [0.15, 0.2) is 54.6 Å². The molecule has 2 aromatic rings. The zero-order valence-electron chi connectivity index (χ0n) is 15.0. The third kappa shape index (κ3) is 6.79. The number of nitrogens with zero attached hydrogens (tertiary/aromatic N) is 1. The fraction of sp³-hybridized carbons (Fsp3) is 0.333. The zero-order valence-corrected chi connectivity index (χ0v) is 15.0. The van der Waals surface area contributed by atoms with E-state index in [4.69, 9.17) is 0 Å². The van der Waals surface area contributed by atoms with Gasteiger partial charge in [-0.15, -0.1) is 0 Å². The molecule has 4 nitrogen and oxygen atoms in total. The average Bonchev–Trinajstić information content (AvgIpc) is 2.60. The van der Waals surface area contributed by atoms with Crippen molar-refractivity contribution in [1.29, 1.82) is 0 Å². The van der Waals surface area contributed by atoms with Crippen LogP contribution in [0.4, 0.5) is 5.69 Å². The second kappa shape index (κ2) is 9.62. The molecule has 0 saturated heterocycles. The highest BCUT2D eigenvalue weighted by Gasteiger charge is 2.06. The molecule has 0 saturated carbocycles. The van der Waals surface area contributed by atoms with Crippen LogP contribution >= 0.6 is 0 Å². The largest absolute Gasteiger partial charge is 0.349 e. The van der Waals surface area contributed by atoms with Gasteiger partial charge in [-0.05, 0) is 42.5 Å². The molecular weight excluding hydrogens is 312 g/mol. The summed E-state index contributed by atoms with van der Waals surface area (Å²) in [6.07, 6.45) is 3.38. The molecule has 0 spiro atoms. The van der Waals surface area contributed by atoms with Crippen LogP contribution in [-0.2, 0) is 22.4 Å². The second-order valence-electron chi connectivity index (χ2n) is 6.38. The summed E-state index contributed by atoms with van der Waals surface area (Å²) in [4.78, 5) is 25.4. The highest BCUT2D eigenvalue weighted by molar-refractivity contribution is 5.90. The number of amides is 2. The van der Waals surface area contributed by atoms with Crippen molar-refractivity contribution in [3.63, 3.8) is 0 Å². The summed E-state index contributed by atoms with van der Waals surface area (Å²) in [6.45, 7) is 0. The molecule has 2 amide bonds. The van der Waals surface area contributed by atoms with E-state index in [1.54, 1.807) is 19.0 Å². The molecule has 132 valence electrons. The lowest BCUT2D eigenvalue weighted by molar-refractivity contribution is -0.128. The van der Waals surface area contributed by atoms with E-state index in [0.29, 0.717) is 19.3 Å². The number of hydrogen-bond donors (Lipinski definition) is 1. The minimum Gasteiger partial charge on any atom is -0.349 e. The van der Waals surface area contributed by atoms with Crippen molar-refractivity contribution in [3.8, 4) is 0 Å². The minimum absolute atomic E-state index is 0.0254. The summed E-state index contributed by atoms with van der Waals surface area (Å²) in [5.41, 5.74) is 3.10. The topological polar surface area (TPSA) is 49.4 Å². The molecule has 0 heterocycles. The molecule has 0 aromatic heterocycles. The van der Waals surface area contributed by atoms with Gasteiger partial charge in [0.15, 0.2) is 0 Å². The van der Waals surface area contributed by atoms with Crippen LogP contribution in [0.5, 0.6) is 0 Å². The molecule has 4 heteroatoms. The van der Waals surface area contributed by atoms with Crippen LogP contribution < -0.4 is 5.32 Å². The molecule has 0 fully saturated rings. The monoisotopic (exact) mass is 338 g/mol. The Morgan fingerprint density at radius 2 is 1.60 bits per heavy atom. The van der Waals surface area contributed by atoms with Crippen molar-refractivity contribution in [2.75, 3.05) is 19.4 Å². The predicted molar refractivity (Wildman–Crippen MR) is 101 cm³/mol. The molecule has 0 bridgehead atoms. The maximum absolute atomic E-state index is 12.1. The van der Waals surface area contributed by atoms with Crippen molar-refractivity contribution >= 4 is 17.5 Å². The van der Waals surface area contributed by atoms with E-state index in [1.807, 2.05) is 42.5 Å². The Morgan fingerprint density at radius 1 is 0.880 bits per heavy atom. The Hall–Kier alpha value is -2.62. The summed E-state index contributed by atoms with van der Waals surface area (Å²) in [7, 11) is 3.52. The quantitative estimate of drug-likeness (QED) is 0.798. The molecule has 0 unspecified atom stereocenters. The Bertz CT molecular complexity index is 696. The fourth-order valence-electron chi connectivity index (χ4n) is 2.60. The highest BCUT2D eigenvalue weighted by Crippen LogP contribution is 2.14. The molecule has 1 N–H and O–H groups in total. The number of benzene rings is 2. The van der Waals surface area contributed by atoms with Gasteiger partial charge in [-0.3, -0.25) is 9.59 Å². The first kappa shape index (κ1) is 18.7. The summed E-state index contributed by atoms with van der Waals surface area (Å²) in [6, 6.07) is 17.9. The number of anilines is 1. The van der Waals surface area contributed by atoms with E-state index in [-0.39, 0.29) is 11.8 Å². The first-order chi connectivity index (χ1) is 12.0. The lowest BCUT2D eigenvalue weighted by Crippen LogP contribution is -2.21. The summed E-state index contributed by atoms with van der Waals surface area (Å²) in [5, 5.41) is 2.94. The van der Waals surface area contributed by atoms with Gasteiger partial charge in [0.1, 0.15) is 0 Å². The van der Waals surface area contributed by atoms with E-state index in [1.165, 1.54) is 5.56 Å². The predicted octanol–water partition coefficient (Wildman–Crippen LogP) is 3.67. The van der Waals surface area contributed by atoms with Gasteiger partial charge in [0, 0.05) is 32.6 Å². The molecule has 0 atom stereocenters. The second-order valence-corrected chi connectivity index (χ2v) is 6.38. The van der Waals surface area contributed by atoms with E-state index in [9.17, 15) is 9.59 Å². The third-order valence-corrected chi connectivity index (χ3v) is 4.05. The molecule has 25 heavy (non-hydrogen) atoms. The maximum Gasteiger partial charge on any atom is 0.224 e. The van der Waals surface area contributed by atoms with Crippen molar-refractivity contribution in [2.24, 2.45) is 0 Å². The van der Waals surface area contributed by atoms with Gasteiger partial charge in [0.05, 0.1) is 0 Å². The Labute approximate surface area is 149 Å². The third-order valence-electron chi connectivity index (χ3n) is 4.05. The summed E-state index contributed by atoms with van der Waals surface area (Å²) < 4.78 is 0. The zero-order chi connectivity index (χ0) is 18.1. The molecule has 2 rings (SSSR count). The van der Waals surface area contributed by atoms with Crippen LogP contribution in [0.25, 0.3) is 0 Å². The van der Waals surface area contributed by atoms with Gasteiger partial charge >= 0.3 is 0 Å². The number of carbonyl (C=O) groups is 2. The standard InChI is InChI=1S/C21H26N2O2/c1-23(2)21(25)15-14-18-11-6-12-19(16-18)22-20(24)13-7-10-17-8-4-3-5-9-17/h3-6,8-9,11-12,16H,7,10,13-15H2,1-2H3,(H,22,24). The Morgan fingerprint density at radius 3 is 2.32 bits per heavy atom. The molecule has 0 radical (unpaired) electrons. The number of nitrogens with one attached hydrogen (secondary N) is 1. The van der Waals surface area contributed by atoms with Crippen molar-refractivity contribution in [2.45, 2.75) is 32.1 Å². The maximum atomic E-state index is 12.1. The number of hydrogen-bond acceptors (Lipinski definition) is 2. The molecule has 2 aromatic carbocycles. The number of rotatable bonds is 8. The van der Waals surface area contributed by atoms with E-state index >= 15 is 0 Å². The Balaban J connectivity index is 1.78. The highest BCUT2D eigenvalue weighted by atomic mass is 16.2. The van der Waals surface area contributed by atoms with Gasteiger partial charge in [0.2, 0.25) is 11.8 Å². The smallest absolute Gasteiger partial charge is 0.224 e. The summed E-state index contributed by atoms with van der Waals surface area (Å²) >= 11 is 0. The van der Waals surface area contributed by atoms with Gasteiger partial charge < -0.3 is 10.2 Å². The summed E-state index contributed by atoms with van der Waals surface area (Å²) in [5.74, 6) is 0.132. The number of carbonyl (C=O) groups excluding carboxylic acids is 2. The fourth-order valence-corrected chi connectivity index (χ4v) is 2.60. The first-order valence-corrected chi connectivity index (χ1v) is 8.67. The van der Waals surface area contributed by atoms with Crippen molar-refractivity contribution < 1.29 is 9.59 Å². The van der Waals surface area contributed by atoms with Crippen molar-refractivity contribution in [3.05, 3.63) is 65.7 Å². The molecule has 0 aliphatic carbocycles. The van der Waals surface area contributed by atoms with Gasteiger partial charge in [-0.1, -0.05) is 42.5 Å². The lowest BCUT2D eigenvalue weighted by atomic mass is 10.1. The van der Waals surface area contributed by atoms with Gasteiger partial charge in [0.25, 0.3) is 0 Å². The van der Waals surface area contributed by atoms with Crippen LogP contribution in [-0.4, -0.2) is 30.8 Å². The van der Waals surface area contributed by atoms with Gasteiger partial charge in [-0.25, -0.2) is 0 Å². The Kier molecular flexibility index (Phi) is 7.20. The van der Waals surface area contributed by atoms with Crippen LogP contribution in [0.2, 0.25) is 0 Å². The lowest BCUT2D eigenvalue weighted by Gasteiger charge is -2.11. The van der Waals surface area contributed by atoms with E-state index < -0.39 is 0 Å². The average molecular weight is 338 g/mol. The number of aryl methyl sites for hydroxylation is 2. The van der Waals surface area contributed by atoms with Gasteiger partial charge in [-0.2, -0.15) is 0 Å². The van der Waals surface area contributed by atoms with Crippen LogP contribution in [0.3, 0.4) is 0 Å². The molecular formula is C21H26N2O2. The van der Waals surface area contributed by atoms with Crippen molar-refractivity contribution in [1.82, 2.24) is 4.90 Å². The molecule has 0 aliphatic rings. The van der Waals surface area contributed by atoms with E-state index in [0.717, 1.165) is 24.1 Å². The minimum atomic E-state index is 0.0254. The first-order valence-electron chi connectivity index (χ1n) is 8.67. The van der Waals surface area contributed by atoms with Crippen LogP contribution in [0.1, 0.15) is 30.4 Å². The normalized spacial score (nSPS) is 10.3. The van der Waals surface area contributed by atoms with Crippen LogP contribution in [0, 0.1) is 0 Å². The molecule has 0 aliphatic heterocycles. The SMILES string of the molecule is CN(C)C(=O)CCc1cccc(NC(=O)CCCc2ccccc2)c1.